The zero-order valence-corrected chi connectivity index (χ0v) is 57.5. The third-order valence-electron chi connectivity index (χ3n) is 15.8. The molecule has 103 heavy (non-hydrogen) atoms. The van der Waals surface area contributed by atoms with Gasteiger partial charge in [-0.25, -0.2) is 70.8 Å². The van der Waals surface area contributed by atoms with Crippen LogP contribution in [0.15, 0.2) is 49.6 Å². The molecule has 0 bridgehead atoms. The average molecular weight is 1540 g/mol. The lowest BCUT2D eigenvalue weighted by molar-refractivity contribution is -0.136. The predicted octanol–water partition coefficient (Wildman–Crippen LogP) is 5.24. The van der Waals surface area contributed by atoms with Gasteiger partial charge in [0.15, 0.2) is 40.8 Å². The molecule has 11 atom stereocenters. The lowest BCUT2D eigenvalue weighted by atomic mass is 10.0. The van der Waals surface area contributed by atoms with Crippen LogP contribution in [-0.2, 0) is 79.4 Å². The quantitative estimate of drug-likeness (QED) is 0.00377. The van der Waals surface area contributed by atoms with Crippen LogP contribution in [0, 0.1) is 35.0 Å². The first-order valence-electron chi connectivity index (χ1n) is 31.1. The summed E-state index contributed by atoms with van der Waals surface area (Å²) in [4.78, 5) is 136. The number of amides is 7. The third kappa shape index (κ3) is 20.7. The van der Waals surface area contributed by atoms with Gasteiger partial charge in [-0.05, 0) is 61.1 Å². The van der Waals surface area contributed by atoms with E-state index in [1.807, 2.05) is 0 Å². The van der Waals surface area contributed by atoms with Crippen molar-refractivity contribution in [3.63, 3.8) is 0 Å². The number of carbonyl (C=O) groups is 7. The fraction of sp³-hybridized carbons (Fsp3) is 0.491. The number of ether oxygens (including phenoxy) is 6. The maximum atomic E-state index is 16.7. The number of nitrogen functional groups attached to an aromatic ring is 1. The Morgan fingerprint density at radius 2 is 1.47 bits per heavy atom. The summed E-state index contributed by atoms with van der Waals surface area (Å²) in [5.74, 6) is -18.0. The normalized spacial score (nSPS) is 20.9. The molecule has 7 heterocycles. The summed E-state index contributed by atoms with van der Waals surface area (Å²) in [5.41, 5.74) is 12.2. The number of imidazole rings is 2. The van der Waals surface area contributed by atoms with Gasteiger partial charge in [0.25, 0.3) is 0 Å². The van der Waals surface area contributed by atoms with Crippen molar-refractivity contribution in [3.05, 3.63) is 84.2 Å². The second-order valence-electron chi connectivity index (χ2n) is 23.4. The van der Waals surface area contributed by atoms with Crippen molar-refractivity contribution in [1.29, 1.82) is 0 Å². The zero-order chi connectivity index (χ0) is 74.6. The van der Waals surface area contributed by atoms with Crippen LogP contribution in [-0.4, -0.2) is 191 Å². The highest BCUT2D eigenvalue weighted by Gasteiger charge is 2.51. The van der Waals surface area contributed by atoms with Crippen LogP contribution in [0.25, 0.3) is 22.3 Å². The Kier molecular flexibility index (Phi) is 26.6. The second-order valence-corrected chi connectivity index (χ2v) is 29.0. The standard InChI is InChI=1S/C57H67F7N16O19P2S2/c1-26(2)43(76-34(81)11-14-91-15-12-36(82)98-47-40(62)38(60)37(59)39(61)41(47)63)53(84)75-32(4-3-13-67-55(66)85)52(83)74-29-7-5-27(6-8-29)18-93-57(87)78-17-28(58)16-30(78)19-92-56(86)77-49-45-51(71-23-69-49)80(25-73-45)54-42(64)46(33(97-54)21-94-100(88,89)102)99-101(90,103)95-20-31-9-10-35(96-31)79-24-72-44-48(65)68-22-70-50(44)79/h5-8,22-26,28,30-33,35,42-43,46,54H,3-4,9-21H2,1-2H3,(H,74,83)(H,75,84)(H,76,81)(H,90,103)(H2,65,68,70)(H3,66,67,85)(H2,88,89,102)(H,69,71,77,86)/t28-,30-,31-,32-,33?,35+,42+,43-,46+,54+,101?/m0/s1. The van der Waals surface area contributed by atoms with Gasteiger partial charge >= 0.3 is 37.7 Å². The van der Waals surface area contributed by atoms with E-state index in [0.29, 0.717) is 29.6 Å². The van der Waals surface area contributed by atoms with Crippen molar-refractivity contribution in [2.24, 2.45) is 11.7 Å². The molecule has 4 aromatic heterocycles. The van der Waals surface area contributed by atoms with Gasteiger partial charge in [-0.3, -0.25) is 47.6 Å². The average Bonchev–Trinajstić information content (AvgIpc) is 1.65. The van der Waals surface area contributed by atoms with E-state index < -0.39 is 197 Å². The van der Waals surface area contributed by atoms with Gasteiger partial charge < -0.3 is 75.5 Å². The number of aromatic nitrogens is 8. The summed E-state index contributed by atoms with van der Waals surface area (Å²) in [6, 6.07) is 1.44. The lowest BCUT2D eigenvalue weighted by Crippen LogP contribution is -2.54. The number of likely N-dealkylation sites (tertiary alicyclic amines) is 1. The Labute approximate surface area is 588 Å². The topological polar surface area (TPSA) is 463 Å². The van der Waals surface area contributed by atoms with Crippen LogP contribution >= 0.6 is 25.8 Å². The monoisotopic (exact) mass is 1540 g/mol. The molecule has 0 spiro atoms. The maximum absolute atomic E-state index is 16.7. The fourth-order valence-electron chi connectivity index (χ4n) is 10.7. The second kappa shape index (κ2) is 34.8. The number of urea groups is 1. The summed E-state index contributed by atoms with van der Waals surface area (Å²) in [6.07, 6.45) is -7.90. The molecule has 560 valence electrons. The summed E-state index contributed by atoms with van der Waals surface area (Å²) in [5, 5.41) is 12.5. The van der Waals surface area contributed by atoms with Crippen molar-refractivity contribution in [2.75, 3.05) is 62.5 Å². The van der Waals surface area contributed by atoms with Gasteiger partial charge in [0, 0.05) is 25.1 Å². The molecule has 2 unspecified atom stereocenters. The molecular weight excluding hydrogens is 1470 g/mol. The summed E-state index contributed by atoms with van der Waals surface area (Å²) in [6.45, 7) is -9.04. The molecule has 11 N–H and O–H groups in total. The smallest absolute Gasteiger partial charge is 0.412 e. The maximum Gasteiger partial charge on any atom is 0.412 e. The Balaban J connectivity index is 0.733. The zero-order valence-electron chi connectivity index (χ0n) is 54.0. The van der Waals surface area contributed by atoms with Crippen LogP contribution < -0.4 is 42.8 Å². The molecule has 3 fully saturated rings. The first-order chi connectivity index (χ1) is 48.8. The molecule has 7 amide bonds. The first kappa shape index (κ1) is 78.6. The minimum atomic E-state index is -4.49. The number of benzene rings is 2. The number of primary amides is 1. The number of nitrogens with zero attached hydrogens (tertiary/aromatic N) is 9. The van der Waals surface area contributed by atoms with Gasteiger partial charge in [0.2, 0.25) is 52.6 Å². The Morgan fingerprint density at radius 3 is 2.17 bits per heavy atom. The number of fused-ring (bicyclic) bond motifs is 2. The van der Waals surface area contributed by atoms with Crippen molar-refractivity contribution in [2.45, 2.75) is 127 Å². The molecule has 0 radical (unpaired) electrons. The number of alkyl halides is 2. The van der Waals surface area contributed by atoms with Crippen molar-refractivity contribution >= 4 is 119 Å². The number of hydrogen-bond acceptors (Lipinski definition) is 25. The Morgan fingerprint density at radius 1 is 0.796 bits per heavy atom. The highest BCUT2D eigenvalue weighted by molar-refractivity contribution is 8.44. The molecular formula is C57H67F7N16O19P2S2. The van der Waals surface area contributed by atoms with Gasteiger partial charge in [-0.1, -0.05) is 38.2 Å². The number of nitrogens with two attached hydrogens (primary N) is 2. The van der Waals surface area contributed by atoms with Gasteiger partial charge in [0.1, 0.15) is 68.1 Å². The van der Waals surface area contributed by atoms with Gasteiger partial charge in [-0.2, -0.15) is 8.78 Å². The summed E-state index contributed by atoms with van der Waals surface area (Å²) < 4.78 is 165. The fourth-order valence-corrected chi connectivity index (χ4v) is 12.7. The van der Waals surface area contributed by atoms with Crippen LogP contribution in [0.3, 0.4) is 0 Å². The lowest BCUT2D eigenvalue weighted by Gasteiger charge is -2.25. The van der Waals surface area contributed by atoms with Crippen LogP contribution in [0.4, 0.5) is 62.4 Å². The number of halogens is 7. The van der Waals surface area contributed by atoms with E-state index in [4.69, 9.17) is 48.7 Å². The van der Waals surface area contributed by atoms with E-state index in [1.165, 1.54) is 36.9 Å². The largest absolute Gasteiger partial charge is 0.447 e. The Bertz CT molecular complexity index is 4170. The van der Waals surface area contributed by atoms with E-state index in [1.54, 1.807) is 18.4 Å². The molecule has 0 aliphatic carbocycles. The minimum absolute atomic E-state index is 0.00317. The highest BCUT2D eigenvalue weighted by Crippen LogP contribution is 2.57. The highest BCUT2D eigenvalue weighted by atomic mass is 32.7. The van der Waals surface area contributed by atoms with Crippen LogP contribution in [0.1, 0.15) is 76.8 Å². The molecule has 9 rings (SSSR count). The molecule has 3 saturated heterocycles. The number of nitrogens with one attached hydrogen (secondary N) is 5. The van der Waals surface area contributed by atoms with Crippen molar-refractivity contribution < 1.29 is 121 Å². The number of rotatable bonds is 32. The molecule has 35 nitrogen and oxygen atoms in total. The molecule has 46 heteroatoms. The van der Waals surface area contributed by atoms with E-state index in [-0.39, 0.29) is 74.1 Å². The van der Waals surface area contributed by atoms with Crippen molar-refractivity contribution in [3.8, 4) is 5.75 Å². The molecule has 0 saturated carbocycles. The summed E-state index contributed by atoms with van der Waals surface area (Å²) >= 11 is 8.66. The van der Waals surface area contributed by atoms with E-state index in [0.717, 1.165) is 22.1 Å². The van der Waals surface area contributed by atoms with E-state index in [9.17, 15) is 74.3 Å². The number of hydrogen-bond donors (Lipinski definition) is 10. The minimum Gasteiger partial charge on any atom is -0.447 e. The van der Waals surface area contributed by atoms with Gasteiger partial charge in [-0.15, -0.1) is 0 Å². The number of thiol groups is 1. The molecule has 3 aliphatic rings. The van der Waals surface area contributed by atoms with Crippen molar-refractivity contribution in [1.82, 2.24) is 59.9 Å². The van der Waals surface area contributed by atoms with Gasteiger partial charge in [0.05, 0.1) is 64.2 Å². The third-order valence-corrected chi connectivity index (χ3v) is 18.2. The number of carbonyl (C=O) groups excluding carboxylic acids is 7. The van der Waals surface area contributed by atoms with Crippen LogP contribution in [0.2, 0.25) is 0 Å². The van der Waals surface area contributed by atoms with Crippen LogP contribution in [0.5, 0.6) is 5.75 Å². The number of esters is 1. The SMILES string of the molecule is CC(C)[C@H](NC(=O)CCOCCC(=O)Oc1c(F)c(F)c(F)c(F)c1F)C(=O)N[C@@H](CCCNC(N)=O)C(=O)Nc1ccc(COC(=O)N2C[C@@H](F)C[C@H]2COC(=O)Nc2ncnc3c2ncn3[C@@H]2OC(COP(O)(O)=S)[C@@H](OP(=O)(S)OC[C@@H]3CC[C@H](n4cnc5c(N)ncnc54)O3)[C@H]2F)cc1. The van der Waals surface area contributed by atoms with E-state index in [2.05, 4.69) is 85.3 Å². The molecule has 2 aromatic carbocycles. The first-order valence-corrected chi connectivity index (χ1v) is 36.4. The Hall–Kier alpha value is -8.55. The predicted molar refractivity (Wildman–Crippen MR) is 347 cm³/mol. The number of anilines is 3. The van der Waals surface area contributed by atoms with E-state index >= 15 is 4.39 Å². The summed E-state index contributed by atoms with van der Waals surface area (Å²) in [7, 11) is 0. The molecule has 3 aliphatic heterocycles. The molecule has 6 aromatic rings.